The second-order valence-electron chi connectivity index (χ2n) is 5.58. The molecule has 0 aliphatic carbocycles. The van der Waals surface area contributed by atoms with E-state index in [0.29, 0.717) is 21.5 Å². The van der Waals surface area contributed by atoms with Crippen molar-refractivity contribution < 1.29 is 9.66 Å². The van der Waals surface area contributed by atoms with Crippen molar-refractivity contribution in [3.8, 4) is 5.75 Å². The van der Waals surface area contributed by atoms with E-state index in [4.69, 9.17) is 4.74 Å². The molecule has 2 aromatic heterocycles. The zero-order valence-electron chi connectivity index (χ0n) is 12.3. The molecule has 0 fully saturated rings. The largest absolute Gasteiger partial charge is 0.481 e. The van der Waals surface area contributed by atoms with Crippen molar-refractivity contribution >= 4 is 27.3 Å². The first-order valence-electron chi connectivity index (χ1n) is 6.72. The summed E-state index contributed by atoms with van der Waals surface area (Å²) < 4.78 is 7.51. The molecule has 0 amide bonds. The molecule has 3 heterocycles. The standard InChI is InChI=1S/C15H12BrN3O4/c1-15(2)6-12(10-3-4-17-7-13(10)23-15)18-8-9(16)5-11(14(18)20)19(21)22/h3-8H,1-2H3. The van der Waals surface area contributed by atoms with E-state index in [2.05, 4.69) is 20.9 Å². The van der Waals surface area contributed by atoms with Crippen LogP contribution in [0, 0.1) is 10.1 Å². The van der Waals surface area contributed by atoms with Gasteiger partial charge in [0.1, 0.15) is 11.4 Å². The predicted octanol–water partition coefficient (Wildman–Crippen LogP) is 2.97. The highest BCUT2D eigenvalue weighted by molar-refractivity contribution is 9.10. The van der Waals surface area contributed by atoms with E-state index in [-0.39, 0.29) is 0 Å². The van der Waals surface area contributed by atoms with Crippen LogP contribution in [0.5, 0.6) is 5.75 Å². The number of hydrogen-bond acceptors (Lipinski definition) is 5. The Hall–Kier alpha value is -2.48. The normalized spacial score (nSPS) is 15.3. The highest BCUT2D eigenvalue weighted by atomic mass is 79.9. The lowest BCUT2D eigenvalue weighted by atomic mass is 10.00. The summed E-state index contributed by atoms with van der Waals surface area (Å²) in [6.45, 7) is 3.67. The monoisotopic (exact) mass is 377 g/mol. The van der Waals surface area contributed by atoms with Gasteiger partial charge in [0.2, 0.25) is 0 Å². The van der Waals surface area contributed by atoms with E-state index in [1.807, 2.05) is 13.8 Å². The smallest absolute Gasteiger partial charge is 0.335 e. The summed E-state index contributed by atoms with van der Waals surface area (Å²) in [5.74, 6) is 0.518. The number of ether oxygens (including phenoxy) is 1. The van der Waals surface area contributed by atoms with Gasteiger partial charge in [-0.2, -0.15) is 0 Å². The molecule has 0 aromatic carbocycles. The molecule has 8 heteroatoms. The summed E-state index contributed by atoms with van der Waals surface area (Å²) in [6.07, 6.45) is 6.40. The van der Waals surface area contributed by atoms with Gasteiger partial charge in [-0.3, -0.25) is 24.5 Å². The van der Waals surface area contributed by atoms with Gasteiger partial charge >= 0.3 is 11.2 Å². The Morgan fingerprint density at radius 1 is 1.43 bits per heavy atom. The van der Waals surface area contributed by atoms with Crippen molar-refractivity contribution in [2.75, 3.05) is 0 Å². The van der Waals surface area contributed by atoms with Crippen molar-refractivity contribution in [3.05, 3.63) is 67.3 Å². The van der Waals surface area contributed by atoms with Crippen LogP contribution in [-0.2, 0) is 0 Å². The number of aromatic nitrogens is 2. The molecule has 1 aliphatic heterocycles. The topological polar surface area (TPSA) is 87.3 Å². The van der Waals surface area contributed by atoms with E-state index in [1.165, 1.54) is 16.8 Å². The molecule has 0 saturated heterocycles. The van der Waals surface area contributed by atoms with Crippen LogP contribution in [0.2, 0.25) is 0 Å². The molecule has 0 bridgehead atoms. The van der Waals surface area contributed by atoms with Crippen molar-refractivity contribution in [1.29, 1.82) is 0 Å². The summed E-state index contributed by atoms with van der Waals surface area (Å²) in [7, 11) is 0. The van der Waals surface area contributed by atoms with Crippen molar-refractivity contribution in [2.45, 2.75) is 19.4 Å². The van der Waals surface area contributed by atoms with Crippen LogP contribution in [0.3, 0.4) is 0 Å². The van der Waals surface area contributed by atoms with Crippen LogP contribution in [0.1, 0.15) is 19.4 Å². The summed E-state index contributed by atoms with van der Waals surface area (Å²) in [5, 5.41) is 11.1. The number of nitro groups is 1. The fourth-order valence-electron chi connectivity index (χ4n) is 2.44. The Kier molecular flexibility index (Phi) is 3.56. The average molecular weight is 378 g/mol. The second-order valence-corrected chi connectivity index (χ2v) is 6.50. The predicted molar refractivity (Wildman–Crippen MR) is 87.4 cm³/mol. The van der Waals surface area contributed by atoms with Crippen molar-refractivity contribution in [2.24, 2.45) is 0 Å². The number of rotatable bonds is 2. The summed E-state index contributed by atoms with van der Waals surface area (Å²) >= 11 is 3.22. The first-order chi connectivity index (χ1) is 10.8. The zero-order valence-corrected chi connectivity index (χ0v) is 13.9. The van der Waals surface area contributed by atoms with Gasteiger partial charge in [0.15, 0.2) is 0 Å². The molecular formula is C15H12BrN3O4. The van der Waals surface area contributed by atoms with Crippen molar-refractivity contribution in [3.63, 3.8) is 0 Å². The molecule has 118 valence electrons. The van der Waals surface area contributed by atoms with Gasteiger partial charge < -0.3 is 4.74 Å². The van der Waals surface area contributed by atoms with Gasteiger partial charge in [0.25, 0.3) is 0 Å². The number of halogens is 1. The Morgan fingerprint density at radius 2 is 2.17 bits per heavy atom. The molecule has 2 aromatic rings. The molecule has 0 N–H and O–H groups in total. The van der Waals surface area contributed by atoms with E-state index in [1.54, 1.807) is 24.5 Å². The number of nitrogens with zero attached hydrogens (tertiary/aromatic N) is 3. The first kappa shape index (κ1) is 15.4. The van der Waals surface area contributed by atoms with Gasteiger partial charge in [-0.25, -0.2) is 0 Å². The second kappa shape index (κ2) is 5.31. The molecule has 0 spiro atoms. The van der Waals surface area contributed by atoms with Crippen LogP contribution < -0.4 is 10.3 Å². The number of hydrogen-bond donors (Lipinski definition) is 0. The Morgan fingerprint density at radius 3 is 2.87 bits per heavy atom. The molecule has 0 saturated carbocycles. The molecule has 0 unspecified atom stereocenters. The van der Waals surface area contributed by atoms with E-state index >= 15 is 0 Å². The minimum absolute atomic E-state index is 0.435. The van der Waals surface area contributed by atoms with Gasteiger partial charge in [-0.15, -0.1) is 0 Å². The fraction of sp³-hybridized carbons (Fsp3) is 0.200. The minimum Gasteiger partial charge on any atom is -0.481 e. The highest BCUT2D eigenvalue weighted by Crippen LogP contribution is 2.36. The molecule has 1 aliphatic rings. The lowest BCUT2D eigenvalue weighted by Crippen LogP contribution is -2.32. The van der Waals surface area contributed by atoms with Gasteiger partial charge in [-0.1, -0.05) is 0 Å². The maximum Gasteiger partial charge on any atom is 0.335 e. The summed E-state index contributed by atoms with van der Waals surface area (Å²) in [4.78, 5) is 26.9. The maximum absolute atomic E-state index is 12.5. The van der Waals surface area contributed by atoms with E-state index in [0.717, 1.165) is 0 Å². The van der Waals surface area contributed by atoms with Crippen LogP contribution in [0.4, 0.5) is 5.69 Å². The third-order valence-corrected chi connectivity index (χ3v) is 3.77. The Balaban J connectivity index is 2.31. The van der Waals surface area contributed by atoms with Crippen LogP contribution >= 0.6 is 15.9 Å². The summed E-state index contributed by atoms with van der Waals surface area (Å²) in [6, 6.07) is 2.90. The fourth-order valence-corrected chi connectivity index (χ4v) is 2.86. The van der Waals surface area contributed by atoms with E-state index < -0.39 is 21.8 Å². The zero-order chi connectivity index (χ0) is 16.8. The SMILES string of the molecule is CC1(C)C=C(n2cc(Br)cc([N+](=O)[O-])c2=O)c2ccncc2O1. The number of pyridine rings is 2. The third kappa shape index (κ3) is 2.77. The third-order valence-electron chi connectivity index (χ3n) is 3.34. The Labute approximate surface area is 139 Å². The molecular weight excluding hydrogens is 366 g/mol. The van der Waals surface area contributed by atoms with Gasteiger partial charge in [0, 0.05) is 28.5 Å². The lowest BCUT2D eigenvalue weighted by molar-refractivity contribution is -0.386. The quantitative estimate of drug-likeness (QED) is 0.592. The molecule has 23 heavy (non-hydrogen) atoms. The minimum atomic E-state index is -0.704. The van der Waals surface area contributed by atoms with Crippen LogP contribution in [0.15, 0.2) is 46.1 Å². The Bertz CT molecular complexity index is 902. The van der Waals surface area contributed by atoms with Gasteiger partial charge in [0.05, 0.1) is 16.8 Å². The van der Waals surface area contributed by atoms with Gasteiger partial charge in [-0.05, 0) is 41.9 Å². The van der Waals surface area contributed by atoms with E-state index in [9.17, 15) is 14.9 Å². The molecule has 7 nitrogen and oxygen atoms in total. The molecule has 3 rings (SSSR count). The number of fused-ring (bicyclic) bond motifs is 1. The maximum atomic E-state index is 12.5. The van der Waals surface area contributed by atoms with Crippen LogP contribution in [0.25, 0.3) is 5.70 Å². The van der Waals surface area contributed by atoms with Crippen LogP contribution in [-0.4, -0.2) is 20.1 Å². The molecule has 0 atom stereocenters. The lowest BCUT2D eigenvalue weighted by Gasteiger charge is -2.31. The average Bonchev–Trinajstić information content (AvgIpc) is 2.47. The highest BCUT2D eigenvalue weighted by Gasteiger charge is 2.29. The summed E-state index contributed by atoms with van der Waals surface area (Å²) in [5.41, 5.74) is -0.714. The van der Waals surface area contributed by atoms with Crippen molar-refractivity contribution in [1.82, 2.24) is 9.55 Å². The molecule has 0 radical (unpaired) electrons. The first-order valence-corrected chi connectivity index (χ1v) is 7.51.